The molecule has 40 heavy (non-hydrogen) atoms. The maximum atomic E-state index is 13.5. The van der Waals surface area contributed by atoms with Crippen LogP contribution in [-0.2, 0) is 11.0 Å². The van der Waals surface area contributed by atoms with Crippen molar-refractivity contribution in [2.24, 2.45) is 5.92 Å². The lowest BCUT2D eigenvalue weighted by atomic mass is 10.0. The summed E-state index contributed by atoms with van der Waals surface area (Å²) in [6.07, 6.45) is -1.09. The van der Waals surface area contributed by atoms with Gasteiger partial charge in [0.05, 0.1) is 28.0 Å². The maximum absolute atomic E-state index is 13.5. The number of anilines is 2. The van der Waals surface area contributed by atoms with Gasteiger partial charge in [0.25, 0.3) is 0 Å². The Kier molecular flexibility index (Phi) is 7.57. The van der Waals surface area contributed by atoms with Gasteiger partial charge in [-0.3, -0.25) is 9.78 Å². The molecule has 1 saturated heterocycles. The lowest BCUT2D eigenvalue weighted by molar-refractivity contribution is -0.137. The van der Waals surface area contributed by atoms with Crippen LogP contribution in [0.4, 0.5) is 24.5 Å². The van der Waals surface area contributed by atoms with E-state index in [0.29, 0.717) is 38.6 Å². The van der Waals surface area contributed by atoms with Gasteiger partial charge >= 0.3 is 6.18 Å². The Hall–Kier alpha value is -3.89. The van der Waals surface area contributed by atoms with E-state index in [-0.39, 0.29) is 11.8 Å². The van der Waals surface area contributed by atoms with Gasteiger partial charge in [-0.15, -0.1) is 0 Å². The lowest BCUT2D eigenvalue weighted by Gasteiger charge is -2.29. The van der Waals surface area contributed by atoms with Crippen LogP contribution in [0.25, 0.3) is 5.69 Å². The summed E-state index contributed by atoms with van der Waals surface area (Å²) < 4.78 is 42.3. The fourth-order valence-electron chi connectivity index (χ4n) is 4.67. The molecule has 0 bridgehead atoms. The number of carbonyl (C=O) groups excluding carboxylic acids is 1. The second-order valence-electron chi connectivity index (χ2n) is 9.66. The average Bonchev–Trinajstić information content (AvgIpc) is 3.54. The monoisotopic (exact) mass is 583 g/mol. The number of nitrogens with one attached hydrogen (secondary N) is 2. The van der Waals surface area contributed by atoms with Crippen molar-refractivity contribution >= 4 is 46.2 Å². The van der Waals surface area contributed by atoms with E-state index < -0.39 is 23.8 Å². The van der Waals surface area contributed by atoms with E-state index in [1.54, 1.807) is 67.2 Å². The number of hydrogen-bond donors (Lipinski definition) is 2. The van der Waals surface area contributed by atoms with Gasteiger partial charge in [0, 0.05) is 35.4 Å². The quantitative estimate of drug-likeness (QED) is 0.233. The second-order valence-corrected chi connectivity index (χ2v) is 10.4. The van der Waals surface area contributed by atoms with Crippen LogP contribution < -0.4 is 15.5 Å². The SMILES string of the molecule is CC(C)C(=O)Nc1ccc(N2C(=S)N[C@H](c3ccccn3)[C@H]2c2cccn2-c2cccc(C(F)(F)F)c2)cc1Cl. The Morgan fingerprint density at radius 2 is 1.85 bits per heavy atom. The van der Waals surface area contributed by atoms with Crippen molar-refractivity contribution < 1.29 is 18.0 Å². The van der Waals surface area contributed by atoms with E-state index in [9.17, 15) is 18.0 Å². The Morgan fingerprint density at radius 1 is 1.05 bits per heavy atom. The molecule has 1 fully saturated rings. The number of alkyl halides is 3. The highest BCUT2D eigenvalue weighted by Crippen LogP contribution is 2.43. The van der Waals surface area contributed by atoms with Crippen LogP contribution in [0, 0.1) is 5.92 Å². The number of nitrogens with zero attached hydrogens (tertiary/aromatic N) is 3. The number of halogens is 4. The van der Waals surface area contributed by atoms with Crippen molar-refractivity contribution in [1.29, 1.82) is 0 Å². The predicted molar refractivity (Wildman–Crippen MR) is 154 cm³/mol. The molecule has 0 radical (unpaired) electrons. The summed E-state index contributed by atoms with van der Waals surface area (Å²) >= 11 is 12.4. The Morgan fingerprint density at radius 3 is 2.52 bits per heavy atom. The zero-order valence-electron chi connectivity index (χ0n) is 21.5. The van der Waals surface area contributed by atoms with Crippen molar-refractivity contribution in [3.8, 4) is 5.69 Å². The maximum Gasteiger partial charge on any atom is 0.416 e. The van der Waals surface area contributed by atoms with Crippen molar-refractivity contribution in [3.05, 3.63) is 107 Å². The Bertz CT molecular complexity index is 1560. The van der Waals surface area contributed by atoms with Crippen LogP contribution in [0.15, 0.2) is 85.2 Å². The second kappa shape index (κ2) is 10.9. The molecular formula is C29H25ClF3N5OS. The summed E-state index contributed by atoms with van der Waals surface area (Å²) in [7, 11) is 0. The van der Waals surface area contributed by atoms with Crippen molar-refractivity contribution in [2.75, 3.05) is 10.2 Å². The van der Waals surface area contributed by atoms with Gasteiger partial charge in [-0.25, -0.2) is 0 Å². The van der Waals surface area contributed by atoms with Crippen LogP contribution in [0.3, 0.4) is 0 Å². The molecule has 0 aliphatic carbocycles. The first-order valence-corrected chi connectivity index (χ1v) is 13.3. The van der Waals surface area contributed by atoms with Crippen LogP contribution in [0.5, 0.6) is 0 Å². The molecule has 1 amide bonds. The number of hydrogen-bond acceptors (Lipinski definition) is 3. The molecule has 2 N–H and O–H groups in total. The highest BCUT2D eigenvalue weighted by Gasteiger charge is 2.42. The summed E-state index contributed by atoms with van der Waals surface area (Å²) in [6.45, 7) is 3.57. The van der Waals surface area contributed by atoms with E-state index >= 15 is 0 Å². The van der Waals surface area contributed by atoms with Gasteiger partial charge in [0.15, 0.2) is 5.11 Å². The van der Waals surface area contributed by atoms with Gasteiger partial charge in [-0.1, -0.05) is 37.6 Å². The van der Waals surface area contributed by atoms with Crippen LogP contribution in [-0.4, -0.2) is 20.6 Å². The third-order valence-corrected chi connectivity index (χ3v) is 7.27. The third kappa shape index (κ3) is 5.41. The molecule has 0 spiro atoms. The molecule has 0 saturated carbocycles. The minimum atomic E-state index is -4.48. The molecule has 206 valence electrons. The molecule has 2 aromatic heterocycles. The molecule has 5 rings (SSSR count). The zero-order chi connectivity index (χ0) is 28.6. The van der Waals surface area contributed by atoms with E-state index in [1.807, 2.05) is 23.1 Å². The molecule has 1 aliphatic rings. The first-order valence-electron chi connectivity index (χ1n) is 12.5. The van der Waals surface area contributed by atoms with Crippen LogP contribution in [0.2, 0.25) is 5.02 Å². The minimum absolute atomic E-state index is 0.167. The number of amides is 1. The summed E-state index contributed by atoms with van der Waals surface area (Å²) in [5, 5.41) is 6.88. The standard InChI is InChI=1S/C29H25ClF3N5OS/c1-17(2)27(39)35-22-12-11-20(16-21(22)30)38-26(25(36-28(38)40)23-9-3-4-13-34-23)24-10-6-14-37(24)19-8-5-7-18(15-19)29(31,32)33/h3-17,25-26H,1-2H3,(H,35,39)(H,36,40)/t25-,26-/m1/s1. The number of aromatic nitrogens is 2. The predicted octanol–water partition coefficient (Wildman–Crippen LogP) is 7.32. The first kappa shape index (κ1) is 27.7. The number of carbonyl (C=O) groups is 1. The number of rotatable bonds is 6. The Labute approximate surface area is 239 Å². The molecule has 0 unspecified atom stereocenters. The number of benzene rings is 2. The average molecular weight is 584 g/mol. The topological polar surface area (TPSA) is 62.2 Å². The highest BCUT2D eigenvalue weighted by atomic mass is 35.5. The third-order valence-electron chi connectivity index (χ3n) is 6.65. The van der Waals surface area contributed by atoms with Gasteiger partial charge < -0.3 is 20.1 Å². The van der Waals surface area contributed by atoms with Crippen molar-refractivity contribution in [3.63, 3.8) is 0 Å². The van der Waals surface area contributed by atoms with Gasteiger partial charge in [0.2, 0.25) is 5.91 Å². The van der Waals surface area contributed by atoms with Crippen molar-refractivity contribution in [2.45, 2.75) is 32.1 Å². The largest absolute Gasteiger partial charge is 0.416 e. The number of thiocarbonyl (C=S) groups is 1. The fourth-order valence-corrected chi connectivity index (χ4v) is 5.24. The smallest absolute Gasteiger partial charge is 0.351 e. The van der Waals surface area contributed by atoms with Gasteiger partial charge in [-0.2, -0.15) is 13.2 Å². The molecule has 11 heteroatoms. The zero-order valence-corrected chi connectivity index (χ0v) is 23.1. The van der Waals surface area contributed by atoms with E-state index in [2.05, 4.69) is 15.6 Å². The van der Waals surface area contributed by atoms with Gasteiger partial charge in [-0.05, 0) is 72.9 Å². The normalized spacial score (nSPS) is 17.3. The minimum Gasteiger partial charge on any atom is -0.351 e. The summed E-state index contributed by atoms with van der Waals surface area (Å²) in [5.41, 5.74) is 2.13. The van der Waals surface area contributed by atoms with E-state index in [4.69, 9.17) is 23.8 Å². The summed E-state index contributed by atoms with van der Waals surface area (Å²) in [4.78, 5) is 18.6. The number of pyridine rings is 1. The Balaban J connectivity index is 1.61. The van der Waals surface area contributed by atoms with Crippen LogP contribution in [0.1, 0.15) is 42.9 Å². The lowest BCUT2D eigenvalue weighted by Crippen LogP contribution is -2.30. The fraction of sp³-hybridized carbons (Fsp3) is 0.207. The van der Waals surface area contributed by atoms with Crippen molar-refractivity contribution in [1.82, 2.24) is 14.9 Å². The molecular weight excluding hydrogens is 559 g/mol. The molecule has 1 aliphatic heterocycles. The first-order chi connectivity index (χ1) is 19.0. The molecule has 2 aromatic carbocycles. The van der Waals surface area contributed by atoms with E-state index in [0.717, 1.165) is 12.1 Å². The summed E-state index contributed by atoms with van der Waals surface area (Å²) in [5.74, 6) is -0.390. The molecule has 3 heterocycles. The molecule has 4 aromatic rings. The van der Waals surface area contributed by atoms with E-state index in [1.165, 1.54) is 6.07 Å². The molecule has 6 nitrogen and oxygen atoms in total. The summed E-state index contributed by atoms with van der Waals surface area (Å²) in [6, 6.07) is 18.6. The van der Waals surface area contributed by atoms with Crippen LogP contribution >= 0.6 is 23.8 Å². The highest BCUT2D eigenvalue weighted by molar-refractivity contribution is 7.80. The molecule has 2 atom stereocenters. The van der Waals surface area contributed by atoms with Gasteiger partial charge in [0.1, 0.15) is 6.04 Å².